The van der Waals surface area contributed by atoms with E-state index in [2.05, 4.69) is 42.7 Å². The van der Waals surface area contributed by atoms with Gasteiger partial charge in [-0.15, -0.1) is 23.0 Å². The third kappa shape index (κ3) is 3.39. The molecule has 0 saturated carbocycles. The third-order valence-electron chi connectivity index (χ3n) is 1.50. The van der Waals surface area contributed by atoms with Gasteiger partial charge in [-0.05, 0) is 26.1 Å². The first kappa shape index (κ1) is 10.4. The van der Waals surface area contributed by atoms with Gasteiger partial charge in [0, 0.05) is 16.3 Å². The van der Waals surface area contributed by atoms with Gasteiger partial charge in [-0.25, -0.2) is 0 Å². The maximum absolute atomic E-state index is 4.11. The molecule has 4 heteroatoms. The Morgan fingerprint density at radius 3 is 2.83 bits per heavy atom. The van der Waals surface area contributed by atoms with Crippen molar-refractivity contribution in [2.24, 2.45) is 0 Å². The van der Waals surface area contributed by atoms with E-state index in [1.807, 2.05) is 11.3 Å². The van der Waals surface area contributed by atoms with Gasteiger partial charge in [-0.2, -0.15) is 0 Å². The van der Waals surface area contributed by atoms with Crippen molar-refractivity contribution in [1.82, 2.24) is 4.90 Å². The van der Waals surface area contributed by atoms with E-state index >= 15 is 0 Å². The number of rotatable bonds is 4. The molecule has 1 aromatic heterocycles. The summed E-state index contributed by atoms with van der Waals surface area (Å²) >= 11 is 5.98. The SMILES string of the molecule is Cc1ccc(CN(C)CSS)s1. The van der Waals surface area contributed by atoms with Gasteiger partial charge < -0.3 is 0 Å². The second-order valence-corrected chi connectivity index (χ2v) is 5.45. The molecule has 0 N–H and O–H groups in total. The fourth-order valence-electron chi connectivity index (χ4n) is 0.980. The summed E-state index contributed by atoms with van der Waals surface area (Å²) in [5.74, 6) is 0.972. The molecular formula is C8H13NS3. The van der Waals surface area contributed by atoms with E-state index in [1.54, 1.807) is 10.8 Å². The molecule has 0 spiro atoms. The van der Waals surface area contributed by atoms with Crippen LogP contribution in [0.1, 0.15) is 9.75 Å². The van der Waals surface area contributed by atoms with Crippen molar-refractivity contribution in [1.29, 1.82) is 0 Å². The van der Waals surface area contributed by atoms with Crippen molar-refractivity contribution in [2.75, 3.05) is 12.9 Å². The molecule has 1 rings (SSSR count). The first-order valence-electron chi connectivity index (χ1n) is 3.72. The van der Waals surface area contributed by atoms with Crippen LogP contribution in [0.25, 0.3) is 0 Å². The van der Waals surface area contributed by atoms with Gasteiger partial charge in [0.2, 0.25) is 0 Å². The van der Waals surface area contributed by atoms with E-state index in [-0.39, 0.29) is 0 Å². The highest BCUT2D eigenvalue weighted by atomic mass is 33.1. The standard InChI is InChI=1S/C8H13NS3/c1-7-3-4-8(12-7)5-9(2)6-11-10/h3-4,10H,5-6H2,1-2H3. The number of hydrogen-bond donors (Lipinski definition) is 1. The maximum atomic E-state index is 4.11. The van der Waals surface area contributed by atoms with Crippen LogP contribution >= 0.6 is 33.8 Å². The van der Waals surface area contributed by atoms with Crippen LogP contribution in [0.2, 0.25) is 0 Å². The molecule has 12 heavy (non-hydrogen) atoms. The zero-order chi connectivity index (χ0) is 8.97. The zero-order valence-corrected chi connectivity index (χ0v) is 9.81. The van der Waals surface area contributed by atoms with Crippen LogP contribution in [0.5, 0.6) is 0 Å². The van der Waals surface area contributed by atoms with Crippen molar-refractivity contribution in [3.05, 3.63) is 21.9 Å². The molecule has 0 unspecified atom stereocenters. The van der Waals surface area contributed by atoms with E-state index < -0.39 is 0 Å². The molecule has 0 radical (unpaired) electrons. The van der Waals surface area contributed by atoms with Crippen LogP contribution in [-0.4, -0.2) is 17.8 Å². The summed E-state index contributed by atoms with van der Waals surface area (Å²) in [6.45, 7) is 3.17. The first-order valence-corrected chi connectivity index (χ1v) is 6.58. The monoisotopic (exact) mass is 219 g/mol. The summed E-state index contributed by atoms with van der Waals surface area (Å²) in [6.07, 6.45) is 0. The van der Waals surface area contributed by atoms with Crippen LogP contribution < -0.4 is 0 Å². The molecule has 68 valence electrons. The van der Waals surface area contributed by atoms with Gasteiger partial charge in [0.15, 0.2) is 0 Å². The van der Waals surface area contributed by atoms with Gasteiger partial charge in [0.1, 0.15) is 0 Å². The Balaban J connectivity index is 2.41. The normalized spacial score (nSPS) is 11.0. The Morgan fingerprint density at radius 1 is 1.58 bits per heavy atom. The van der Waals surface area contributed by atoms with E-state index in [0.29, 0.717) is 0 Å². The Morgan fingerprint density at radius 2 is 2.33 bits per heavy atom. The second kappa shape index (κ2) is 5.17. The van der Waals surface area contributed by atoms with E-state index in [1.165, 1.54) is 9.75 Å². The number of nitrogens with zero attached hydrogens (tertiary/aromatic N) is 1. The smallest absolute Gasteiger partial charge is 0.0546 e. The number of thiol groups is 1. The first-order chi connectivity index (χ1) is 5.72. The lowest BCUT2D eigenvalue weighted by molar-refractivity contribution is 0.391. The average Bonchev–Trinajstić information content (AvgIpc) is 2.36. The molecule has 0 amide bonds. The molecule has 0 fully saturated rings. The van der Waals surface area contributed by atoms with Crippen LogP contribution in [0.3, 0.4) is 0 Å². The molecule has 1 nitrogen and oxygen atoms in total. The van der Waals surface area contributed by atoms with E-state index in [9.17, 15) is 0 Å². The average molecular weight is 219 g/mol. The lowest BCUT2D eigenvalue weighted by atomic mass is 10.4. The van der Waals surface area contributed by atoms with Crippen LogP contribution in [-0.2, 0) is 6.54 Å². The topological polar surface area (TPSA) is 3.24 Å². The zero-order valence-electron chi connectivity index (χ0n) is 7.28. The van der Waals surface area contributed by atoms with Crippen molar-refractivity contribution in [2.45, 2.75) is 13.5 Å². The third-order valence-corrected chi connectivity index (χ3v) is 3.39. The lowest BCUT2D eigenvalue weighted by Gasteiger charge is -2.12. The van der Waals surface area contributed by atoms with Gasteiger partial charge in [-0.1, -0.05) is 10.8 Å². The number of thiophene rings is 1. The van der Waals surface area contributed by atoms with E-state index in [0.717, 1.165) is 12.4 Å². The fraction of sp³-hybridized carbons (Fsp3) is 0.500. The molecule has 0 atom stereocenters. The highest BCUT2D eigenvalue weighted by molar-refractivity contribution is 8.68. The molecule has 1 heterocycles. The Labute approximate surface area is 87.0 Å². The van der Waals surface area contributed by atoms with Crippen LogP contribution in [0, 0.1) is 6.92 Å². The van der Waals surface area contributed by atoms with Crippen LogP contribution in [0.15, 0.2) is 12.1 Å². The van der Waals surface area contributed by atoms with Crippen LogP contribution in [0.4, 0.5) is 0 Å². The minimum absolute atomic E-state index is 0.972. The number of aryl methyl sites for hydroxylation is 1. The summed E-state index contributed by atoms with van der Waals surface area (Å²) in [7, 11) is 3.67. The summed E-state index contributed by atoms with van der Waals surface area (Å²) in [6, 6.07) is 4.36. The van der Waals surface area contributed by atoms with Crippen molar-refractivity contribution in [3.63, 3.8) is 0 Å². The Hall–Kier alpha value is 0.360. The molecule has 0 saturated heterocycles. The van der Waals surface area contributed by atoms with Gasteiger partial charge in [0.05, 0.1) is 5.88 Å². The second-order valence-electron chi connectivity index (χ2n) is 2.78. The molecule has 0 aliphatic rings. The van der Waals surface area contributed by atoms with Gasteiger partial charge in [0.25, 0.3) is 0 Å². The fourth-order valence-corrected chi connectivity index (χ4v) is 2.83. The molecule has 0 aliphatic carbocycles. The summed E-state index contributed by atoms with van der Waals surface area (Å²) in [5.41, 5.74) is 0. The summed E-state index contributed by atoms with van der Waals surface area (Å²) in [5, 5.41) is 0. The highest BCUT2D eigenvalue weighted by Crippen LogP contribution is 2.17. The molecule has 0 aliphatic heterocycles. The Kier molecular flexibility index (Phi) is 4.50. The summed E-state index contributed by atoms with van der Waals surface area (Å²) in [4.78, 5) is 5.07. The highest BCUT2D eigenvalue weighted by Gasteiger charge is 2.00. The largest absolute Gasteiger partial charge is 0.291 e. The van der Waals surface area contributed by atoms with E-state index in [4.69, 9.17) is 0 Å². The molecule has 0 bridgehead atoms. The Bertz CT molecular complexity index is 234. The van der Waals surface area contributed by atoms with Crippen molar-refractivity contribution >= 4 is 33.8 Å². The predicted octanol–water partition coefficient (Wildman–Crippen LogP) is 3.02. The minimum Gasteiger partial charge on any atom is -0.291 e. The van der Waals surface area contributed by atoms with Gasteiger partial charge >= 0.3 is 0 Å². The maximum Gasteiger partial charge on any atom is 0.0546 e. The molecule has 1 aromatic rings. The lowest BCUT2D eigenvalue weighted by Crippen LogP contribution is -2.15. The van der Waals surface area contributed by atoms with Crippen molar-refractivity contribution in [3.8, 4) is 0 Å². The van der Waals surface area contributed by atoms with Gasteiger partial charge in [-0.3, -0.25) is 4.90 Å². The summed E-state index contributed by atoms with van der Waals surface area (Å²) < 4.78 is 0. The minimum atomic E-state index is 0.972. The van der Waals surface area contributed by atoms with Crippen molar-refractivity contribution < 1.29 is 0 Å². The number of hydrogen-bond acceptors (Lipinski definition) is 4. The quantitative estimate of drug-likeness (QED) is 0.471. The molecular weight excluding hydrogens is 206 g/mol. The predicted molar refractivity (Wildman–Crippen MR) is 62.0 cm³/mol. The molecule has 0 aromatic carbocycles.